The van der Waals surface area contributed by atoms with Crippen LogP contribution in [-0.2, 0) is 0 Å². The Morgan fingerprint density at radius 3 is 1.43 bits per heavy atom. The van der Waals surface area contributed by atoms with Gasteiger partial charge in [0.05, 0.1) is 0 Å². The second-order valence-electron chi connectivity index (χ2n) is 6.40. The predicted molar refractivity (Wildman–Crippen MR) is 102 cm³/mol. The maximum absolute atomic E-state index is 11.2. The Bertz CT molecular complexity index is 540. The SMILES string of the molecule is CC(C)C(O)C([Se]c1ccccc1)([Se]c1ccccc1)C(C)C. The van der Waals surface area contributed by atoms with E-state index in [1.165, 1.54) is 8.92 Å². The molecule has 0 aliphatic rings. The average molecular weight is 440 g/mol. The predicted octanol–water partition coefficient (Wildman–Crippen LogP) is 2.83. The van der Waals surface area contributed by atoms with Gasteiger partial charge in [-0.15, -0.1) is 0 Å². The third kappa shape index (κ3) is 4.72. The van der Waals surface area contributed by atoms with Gasteiger partial charge in [-0.1, -0.05) is 0 Å². The number of hydrogen-bond donors (Lipinski definition) is 1. The van der Waals surface area contributed by atoms with Gasteiger partial charge in [-0.3, -0.25) is 0 Å². The van der Waals surface area contributed by atoms with Crippen molar-refractivity contribution in [2.75, 3.05) is 0 Å². The first-order valence-electron chi connectivity index (χ1n) is 8.12. The summed E-state index contributed by atoms with van der Waals surface area (Å²) in [6, 6.07) is 21.4. The van der Waals surface area contributed by atoms with Crippen LogP contribution >= 0.6 is 0 Å². The van der Waals surface area contributed by atoms with Crippen molar-refractivity contribution in [2.24, 2.45) is 11.8 Å². The second-order valence-corrected chi connectivity index (χ2v) is 13.4. The van der Waals surface area contributed by atoms with Crippen molar-refractivity contribution >= 4 is 38.8 Å². The van der Waals surface area contributed by atoms with Crippen LogP contribution in [0.15, 0.2) is 60.7 Å². The molecule has 1 atom stereocenters. The van der Waals surface area contributed by atoms with Gasteiger partial charge in [-0.2, -0.15) is 0 Å². The zero-order valence-corrected chi connectivity index (χ0v) is 17.7. The third-order valence-electron chi connectivity index (χ3n) is 3.89. The molecule has 0 spiro atoms. The van der Waals surface area contributed by atoms with E-state index in [-0.39, 0.29) is 45.1 Å². The van der Waals surface area contributed by atoms with Gasteiger partial charge in [0.25, 0.3) is 0 Å². The molecular formula is C20H26OSe2. The molecule has 2 aromatic rings. The van der Waals surface area contributed by atoms with Crippen LogP contribution in [0.25, 0.3) is 0 Å². The first-order valence-corrected chi connectivity index (χ1v) is 11.5. The Kier molecular flexibility index (Phi) is 6.95. The van der Waals surface area contributed by atoms with Crippen molar-refractivity contribution < 1.29 is 5.11 Å². The summed E-state index contributed by atoms with van der Waals surface area (Å²) in [4.78, 5) is 0. The van der Waals surface area contributed by atoms with E-state index in [0.29, 0.717) is 5.92 Å². The molecule has 0 bridgehead atoms. The van der Waals surface area contributed by atoms with Crippen LogP contribution in [0.1, 0.15) is 27.7 Å². The quantitative estimate of drug-likeness (QED) is 0.657. The van der Waals surface area contributed by atoms with E-state index in [4.69, 9.17) is 0 Å². The molecule has 1 unspecified atom stereocenters. The molecule has 124 valence electrons. The Hall–Kier alpha value is -0.561. The summed E-state index contributed by atoms with van der Waals surface area (Å²) in [5.41, 5.74) is 0. The minimum absolute atomic E-state index is 0.0309. The maximum atomic E-state index is 11.2. The molecule has 2 rings (SSSR count). The molecule has 0 heterocycles. The van der Waals surface area contributed by atoms with E-state index in [2.05, 4.69) is 88.4 Å². The first kappa shape index (κ1) is 18.8. The first-order chi connectivity index (χ1) is 11.0. The fourth-order valence-electron chi connectivity index (χ4n) is 2.53. The standard InChI is InChI=1S/C20H26OSe2/c1-15(2)19(21)20(16(3)4,22-17-11-7-5-8-12-17)23-18-13-9-6-10-14-18/h5-16,19,21H,1-4H3. The zero-order chi connectivity index (χ0) is 16.9. The molecule has 23 heavy (non-hydrogen) atoms. The topological polar surface area (TPSA) is 20.2 Å². The summed E-state index contributed by atoms with van der Waals surface area (Å²) in [6.45, 7) is 8.84. The summed E-state index contributed by atoms with van der Waals surface area (Å²) < 4.78 is 2.73. The molecule has 0 fully saturated rings. The number of rotatable bonds is 7. The van der Waals surface area contributed by atoms with Gasteiger partial charge in [0.2, 0.25) is 0 Å². The number of hydrogen-bond acceptors (Lipinski definition) is 1. The summed E-state index contributed by atoms with van der Waals surface area (Å²) >= 11 is 0.476. The number of aliphatic hydroxyl groups is 1. The van der Waals surface area contributed by atoms with Crippen LogP contribution in [0.2, 0.25) is 3.21 Å². The summed E-state index contributed by atoms with van der Waals surface area (Å²) in [5, 5.41) is 11.2. The van der Waals surface area contributed by atoms with E-state index in [1.54, 1.807) is 0 Å². The van der Waals surface area contributed by atoms with Crippen LogP contribution in [0, 0.1) is 11.8 Å². The molecule has 0 aliphatic heterocycles. The normalized spacial score (nSPS) is 13.5. The van der Waals surface area contributed by atoms with Crippen LogP contribution in [0.3, 0.4) is 0 Å². The Morgan fingerprint density at radius 1 is 0.739 bits per heavy atom. The fourth-order valence-corrected chi connectivity index (χ4v) is 10.6. The molecule has 0 aliphatic carbocycles. The minimum atomic E-state index is -0.275. The molecule has 3 heteroatoms. The Morgan fingerprint density at radius 2 is 1.13 bits per heavy atom. The molecule has 0 radical (unpaired) electrons. The van der Waals surface area contributed by atoms with Crippen LogP contribution in [0.5, 0.6) is 0 Å². The molecule has 0 saturated heterocycles. The van der Waals surface area contributed by atoms with Crippen LogP contribution < -0.4 is 8.92 Å². The second kappa shape index (κ2) is 8.51. The zero-order valence-electron chi connectivity index (χ0n) is 14.3. The molecule has 0 aromatic heterocycles. The van der Waals surface area contributed by atoms with Gasteiger partial charge in [0.15, 0.2) is 0 Å². The van der Waals surface area contributed by atoms with Crippen LogP contribution in [-0.4, -0.2) is 41.1 Å². The van der Waals surface area contributed by atoms with Crippen molar-refractivity contribution in [2.45, 2.75) is 37.0 Å². The number of benzene rings is 2. The van der Waals surface area contributed by atoms with E-state index in [1.807, 2.05) is 0 Å². The van der Waals surface area contributed by atoms with Crippen molar-refractivity contribution in [3.63, 3.8) is 0 Å². The fraction of sp³-hybridized carbons (Fsp3) is 0.400. The summed E-state index contributed by atoms with van der Waals surface area (Å²) in [6.07, 6.45) is -0.275. The molecule has 0 saturated carbocycles. The summed E-state index contributed by atoms with van der Waals surface area (Å²) in [7, 11) is 0. The van der Waals surface area contributed by atoms with Crippen molar-refractivity contribution in [3.8, 4) is 0 Å². The van der Waals surface area contributed by atoms with Gasteiger partial charge >= 0.3 is 153 Å². The van der Waals surface area contributed by atoms with Crippen molar-refractivity contribution in [1.29, 1.82) is 0 Å². The number of aliphatic hydroxyl groups excluding tert-OH is 1. The van der Waals surface area contributed by atoms with E-state index in [9.17, 15) is 5.11 Å². The molecular weight excluding hydrogens is 414 g/mol. The molecule has 0 amide bonds. The van der Waals surface area contributed by atoms with Gasteiger partial charge in [0, 0.05) is 0 Å². The van der Waals surface area contributed by atoms with Crippen molar-refractivity contribution in [1.82, 2.24) is 0 Å². The monoisotopic (exact) mass is 442 g/mol. The Labute approximate surface area is 153 Å². The third-order valence-corrected chi connectivity index (χ3v) is 12.2. The molecule has 1 N–H and O–H groups in total. The van der Waals surface area contributed by atoms with E-state index >= 15 is 0 Å². The van der Waals surface area contributed by atoms with Gasteiger partial charge in [-0.05, 0) is 0 Å². The average Bonchev–Trinajstić information content (AvgIpc) is 2.55. The van der Waals surface area contributed by atoms with Gasteiger partial charge < -0.3 is 0 Å². The van der Waals surface area contributed by atoms with Crippen LogP contribution in [0.4, 0.5) is 0 Å². The van der Waals surface area contributed by atoms with Gasteiger partial charge in [-0.25, -0.2) is 0 Å². The molecule has 2 aromatic carbocycles. The van der Waals surface area contributed by atoms with Crippen molar-refractivity contribution in [3.05, 3.63) is 60.7 Å². The molecule has 1 nitrogen and oxygen atoms in total. The summed E-state index contributed by atoms with van der Waals surface area (Å²) in [5.74, 6) is 0.717. The Balaban J connectivity index is 2.42. The van der Waals surface area contributed by atoms with E-state index in [0.717, 1.165) is 0 Å². The van der Waals surface area contributed by atoms with Gasteiger partial charge in [0.1, 0.15) is 0 Å². The van der Waals surface area contributed by atoms with E-state index < -0.39 is 0 Å².